The van der Waals surface area contributed by atoms with Crippen LogP contribution in [0.25, 0.3) is 0 Å². The fourth-order valence-electron chi connectivity index (χ4n) is 2.35. The normalized spacial score (nSPS) is 16.3. The SMILES string of the molecule is COC(=O)c1ccc(COC2CCCCC2)c(Br)c1. The van der Waals surface area contributed by atoms with Crippen molar-refractivity contribution < 1.29 is 14.3 Å². The summed E-state index contributed by atoms with van der Waals surface area (Å²) in [6, 6.07) is 5.47. The predicted octanol–water partition coefficient (Wildman–Crippen LogP) is 4.09. The first-order valence-electron chi connectivity index (χ1n) is 6.69. The zero-order valence-electron chi connectivity index (χ0n) is 11.2. The summed E-state index contributed by atoms with van der Waals surface area (Å²) in [5.74, 6) is -0.319. The van der Waals surface area contributed by atoms with E-state index in [0.29, 0.717) is 18.3 Å². The molecule has 0 aromatic heterocycles. The van der Waals surface area contributed by atoms with Gasteiger partial charge in [0.05, 0.1) is 25.4 Å². The average Bonchev–Trinajstić information content (AvgIpc) is 2.46. The molecule has 0 radical (unpaired) electrons. The number of halogens is 1. The Bertz CT molecular complexity index is 439. The lowest BCUT2D eigenvalue weighted by Crippen LogP contribution is -2.16. The van der Waals surface area contributed by atoms with Gasteiger partial charge < -0.3 is 9.47 Å². The number of carbonyl (C=O) groups is 1. The van der Waals surface area contributed by atoms with Gasteiger partial charge in [0.15, 0.2) is 0 Å². The number of rotatable bonds is 4. The topological polar surface area (TPSA) is 35.5 Å². The van der Waals surface area contributed by atoms with Crippen LogP contribution in [0.3, 0.4) is 0 Å². The minimum absolute atomic E-state index is 0.319. The Labute approximate surface area is 122 Å². The first-order valence-corrected chi connectivity index (χ1v) is 7.48. The fraction of sp³-hybridized carbons (Fsp3) is 0.533. The van der Waals surface area contributed by atoms with Gasteiger partial charge in [0.1, 0.15) is 0 Å². The molecular weight excluding hydrogens is 308 g/mol. The standard InChI is InChI=1S/C15H19BrO3/c1-18-15(17)11-7-8-12(14(16)9-11)10-19-13-5-3-2-4-6-13/h7-9,13H,2-6,10H2,1H3. The number of ether oxygens (including phenoxy) is 2. The zero-order valence-corrected chi connectivity index (χ0v) is 12.7. The largest absolute Gasteiger partial charge is 0.465 e. The number of hydrogen-bond acceptors (Lipinski definition) is 3. The van der Waals surface area contributed by atoms with Gasteiger partial charge in [0.2, 0.25) is 0 Å². The van der Waals surface area contributed by atoms with Crippen LogP contribution in [-0.2, 0) is 16.1 Å². The molecule has 4 heteroatoms. The van der Waals surface area contributed by atoms with Gasteiger partial charge in [-0.1, -0.05) is 41.3 Å². The highest BCUT2D eigenvalue weighted by atomic mass is 79.9. The van der Waals surface area contributed by atoms with Crippen molar-refractivity contribution in [3.8, 4) is 0 Å². The molecule has 2 rings (SSSR count). The molecule has 3 nitrogen and oxygen atoms in total. The van der Waals surface area contributed by atoms with Crippen molar-refractivity contribution in [1.29, 1.82) is 0 Å². The van der Waals surface area contributed by atoms with Crippen molar-refractivity contribution in [1.82, 2.24) is 0 Å². The maximum Gasteiger partial charge on any atom is 0.337 e. The Balaban J connectivity index is 1.95. The lowest BCUT2D eigenvalue weighted by atomic mass is 9.98. The van der Waals surface area contributed by atoms with Gasteiger partial charge in [-0.15, -0.1) is 0 Å². The van der Waals surface area contributed by atoms with E-state index >= 15 is 0 Å². The molecule has 104 valence electrons. The van der Waals surface area contributed by atoms with Crippen LogP contribution in [0.5, 0.6) is 0 Å². The smallest absolute Gasteiger partial charge is 0.337 e. The fourth-order valence-corrected chi connectivity index (χ4v) is 2.84. The molecule has 1 aliphatic rings. The molecule has 1 fully saturated rings. The second kappa shape index (κ2) is 7.06. The van der Waals surface area contributed by atoms with Gasteiger partial charge in [0.25, 0.3) is 0 Å². The summed E-state index contributed by atoms with van der Waals surface area (Å²) in [7, 11) is 1.39. The van der Waals surface area contributed by atoms with E-state index in [1.807, 2.05) is 6.07 Å². The third kappa shape index (κ3) is 4.05. The van der Waals surface area contributed by atoms with E-state index in [4.69, 9.17) is 9.47 Å². The summed E-state index contributed by atoms with van der Waals surface area (Å²) < 4.78 is 11.5. The van der Waals surface area contributed by atoms with E-state index in [1.165, 1.54) is 26.4 Å². The summed E-state index contributed by atoms with van der Waals surface area (Å²) in [6.45, 7) is 0.590. The van der Waals surface area contributed by atoms with E-state index in [0.717, 1.165) is 22.9 Å². The molecule has 0 aliphatic heterocycles. The van der Waals surface area contributed by atoms with Crippen LogP contribution in [-0.4, -0.2) is 19.2 Å². The molecule has 0 spiro atoms. The minimum atomic E-state index is -0.319. The van der Waals surface area contributed by atoms with Gasteiger partial charge in [-0.2, -0.15) is 0 Å². The molecule has 0 bridgehead atoms. The van der Waals surface area contributed by atoms with Crippen molar-refractivity contribution in [2.75, 3.05) is 7.11 Å². The third-order valence-corrected chi connectivity index (χ3v) is 4.24. The van der Waals surface area contributed by atoms with E-state index in [1.54, 1.807) is 12.1 Å². The molecule has 19 heavy (non-hydrogen) atoms. The van der Waals surface area contributed by atoms with Gasteiger partial charge in [0, 0.05) is 4.47 Å². The highest BCUT2D eigenvalue weighted by molar-refractivity contribution is 9.10. The molecule has 0 unspecified atom stereocenters. The van der Waals surface area contributed by atoms with E-state index in [9.17, 15) is 4.79 Å². The quantitative estimate of drug-likeness (QED) is 0.782. The second-order valence-corrected chi connectivity index (χ2v) is 5.72. The van der Waals surface area contributed by atoms with Gasteiger partial charge in [-0.25, -0.2) is 4.79 Å². The molecule has 0 atom stereocenters. The van der Waals surface area contributed by atoms with Gasteiger partial charge in [-0.3, -0.25) is 0 Å². The lowest BCUT2D eigenvalue weighted by Gasteiger charge is -2.22. The van der Waals surface area contributed by atoms with Crippen LogP contribution in [0.4, 0.5) is 0 Å². The van der Waals surface area contributed by atoms with Crippen molar-refractivity contribution >= 4 is 21.9 Å². The predicted molar refractivity (Wildman–Crippen MR) is 77.1 cm³/mol. The van der Waals surface area contributed by atoms with Crippen molar-refractivity contribution in [2.24, 2.45) is 0 Å². The van der Waals surface area contributed by atoms with Crippen LogP contribution < -0.4 is 0 Å². The summed E-state index contributed by atoms with van der Waals surface area (Å²) >= 11 is 3.48. The first-order chi connectivity index (χ1) is 9.20. The van der Waals surface area contributed by atoms with Gasteiger partial charge in [-0.05, 0) is 30.5 Å². The lowest BCUT2D eigenvalue weighted by molar-refractivity contribution is 0.0166. The number of hydrogen-bond donors (Lipinski definition) is 0. The Kier molecular flexibility index (Phi) is 5.40. The maximum absolute atomic E-state index is 11.4. The third-order valence-electron chi connectivity index (χ3n) is 3.50. The molecular formula is C15H19BrO3. The van der Waals surface area contributed by atoms with Crippen LogP contribution in [0.15, 0.2) is 22.7 Å². The van der Waals surface area contributed by atoms with Crippen LogP contribution >= 0.6 is 15.9 Å². The monoisotopic (exact) mass is 326 g/mol. The molecule has 1 saturated carbocycles. The van der Waals surface area contributed by atoms with Crippen LogP contribution in [0.1, 0.15) is 48.0 Å². The summed E-state index contributed by atoms with van der Waals surface area (Å²) in [6.07, 6.45) is 6.59. The molecule has 0 heterocycles. The number of carbonyl (C=O) groups excluding carboxylic acids is 1. The zero-order chi connectivity index (χ0) is 13.7. The highest BCUT2D eigenvalue weighted by Crippen LogP contribution is 2.24. The molecule has 1 aliphatic carbocycles. The average molecular weight is 327 g/mol. The van der Waals surface area contributed by atoms with Crippen LogP contribution in [0.2, 0.25) is 0 Å². The van der Waals surface area contributed by atoms with Crippen LogP contribution in [0, 0.1) is 0 Å². The van der Waals surface area contributed by atoms with Crippen molar-refractivity contribution in [3.05, 3.63) is 33.8 Å². The number of benzene rings is 1. The van der Waals surface area contributed by atoms with Crippen molar-refractivity contribution in [3.63, 3.8) is 0 Å². The highest BCUT2D eigenvalue weighted by Gasteiger charge is 2.15. The molecule has 1 aromatic carbocycles. The second-order valence-electron chi connectivity index (χ2n) is 4.87. The first kappa shape index (κ1) is 14.5. The van der Waals surface area contributed by atoms with Crippen molar-refractivity contribution in [2.45, 2.75) is 44.8 Å². The summed E-state index contributed by atoms with van der Waals surface area (Å²) in [4.78, 5) is 11.4. The Morgan fingerprint density at radius 3 is 2.68 bits per heavy atom. The molecule has 0 amide bonds. The Morgan fingerprint density at radius 2 is 2.05 bits per heavy atom. The van der Waals surface area contributed by atoms with Gasteiger partial charge >= 0.3 is 5.97 Å². The number of esters is 1. The number of methoxy groups -OCH3 is 1. The van der Waals surface area contributed by atoms with E-state index in [-0.39, 0.29) is 5.97 Å². The molecule has 0 saturated heterocycles. The summed E-state index contributed by atoms with van der Waals surface area (Å²) in [5.41, 5.74) is 1.62. The summed E-state index contributed by atoms with van der Waals surface area (Å²) in [5, 5.41) is 0. The maximum atomic E-state index is 11.4. The van der Waals surface area contributed by atoms with E-state index < -0.39 is 0 Å². The van der Waals surface area contributed by atoms with E-state index in [2.05, 4.69) is 15.9 Å². The molecule has 1 aromatic rings. The Hall–Kier alpha value is -0.870. The Morgan fingerprint density at radius 1 is 1.32 bits per heavy atom. The minimum Gasteiger partial charge on any atom is -0.465 e. The molecule has 0 N–H and O–H groups in total.